The van der Waals surface area contributed by atoms with Crippen LogP contribution in [-0.2, 0) is 0 Å². The van der Waals surface area contributed by atoms with E-state index in [2.05, 4.69) is 10.3 Å². The normalized spacial score (nSPS) is 19.2. The lowest BCUT2D eigenvalue weighted by molar-refractivity contribution is -0.385. The molecule has 2 rings (SSSR count). The summed E-state index contributed by atoms with van der Waals surface area (Å²) in [5, 5.41) is 13.9. The highest BCUT2D eigenvalue weighted by Crippen LogP contribution is 2.24. The molecule has 0 amide bonds. The van der Waals surface area contributed by atoms with E-state index >= 15 is 0 Å². The first-order valence-electron chi connectivity index (χ1n) is 5.60. The molecule has 0 saturated carbocycles. The third-order valence-corrected chi connectivity index (χ3v) is 4.08. The first-order chi connectivity index (χ1) is 8.16. The summed E-state index contributed by atoms with van der Waals surface area (Å²) < 4.78 is 0. The van der Waals surface area contributed by atoms with Gasteiger partial charge < -0.3 is 5.32 Å². The Labute approximate surface area is 104 Å². The average molecular weight is 253 g/mol. The zero-order valence-corrected chi connectivity index (χ0v) is 10.5. The summed E-state index contributed by atoms with van der Waals surface area (Å²) in [6.45, 7) is 2.56. The molecule has 1 aromatic rings. The minimum atomic E-state index is -0.403. The molecular formula is C11H15N3O2S. The van der Waals surface area contributed by atoms with E-state index in [9.17, 15) is 10.1 Å². The van der Waals surface area contributed by atoms with Crippen LogP contribution in [0.25, 0.3) is 0 Å². The van der Waals surface area contributed by atoms with Gasteiger partial charge in [0.15, 0.2) is 0 Å². The van der Waals surface area contributed by atoms with Crippen molar-refractivity contribution >= 4 is 23.3 Å². The largest absolute Gasteiger partial charge is 0.370 e. The lowest BCUT2D eigenvalue weighted by Crippen LogP contribution is -2.14. The van der Waals surface area contributed by atoms with Crippen molar-refractivity contribution < 1.29 is 4.92 Å². The van der Waals surface area contributed by atoms with E-state index in [1.165, 1.54) is 24.0 Å². The Hall–Kier alpha value is -1.30. The van der Waals surface area contributed by atoms with Crippen LogP contribution in [0.4, 0.5) is 11.5 Å². The van der Waals surface area contributed by atoms with E-state index in [0.29, 0.717) is 11.6 Å². The average Bonchev–Trinajstić information content (AvgIpc) is 2.78. The Morgan fingerprint density at radius 2 is 2.47 bits per heavy atom. The Kier molecular flexibility index (Phi) is 3.83. The van der Waals surface area contributed by atoms with E-state index in [1.54, 1.807) is 13.0 Å². The highest BCUT2D eigenvalue weighted by Gasteiger charge is 2.16. The molecule has 1 unspecified atom stereocenters. The van der Waals surface area contributed by atoms with Gasteiger partial charge in [-0.15, -0.1) is 0 Å². The van der Waals surface area contributed by atoms with Crippen molar-refractivity contribution in [3.63, 3.8) is 0 Å². The van der Waals surface area contributed by atoms with Gasteiger partial charge in [-0.3, -0.25) is 10.1 Å². The van der Waals surface area contributed by atoms with Crippen molar-refractivity contribution in [2.45, 2.75) is 13.3 Å². The van der Waals surface area contributed by atoms with Crippen LogP contribution in [0.3, 0.4) is 0 Å². The molecule has 1 saturated heterocycles. The monoisotopic (exact) mass is 253 g/mol. The Balaban J connectivity index is 1.97. The number of pyridine rings is 1. The van der Waals surface area contributed by atoms with Gasteiger partial charge in [0.05, 0.1) is 4.92 Å². The molecule has 1 aliphatic heterocycles. The van der Waals surface area contributed by atoms with Gasteiger partial charge in [0.25, 0.3) is 5.69 Å². The molecule has 17 heavy (non-hydrogen) atoms. The summed E-state index contributed by atoms with van der Waals surface area (Å²) in [4.78, 5) is 14.4. The fourth-order valence-electron chi connectivity index (χ4n) is 1.84. The molecule has 6 heteroatoms. The molecule has 1 N–H and O–H groups in total. The van der Waals surface area contributed by atoms with Crippen molar-refractivity contribution in [1.82, 2.24) is 4.98 Å². The second kappa shape index (κ2) is 5.35. The van der Waals surface area contributed by atoms with Crippen LogP contribution >= 0.6 is 11.8 Å². The molecule has 0 aliphatic carbocycles. The van der Waals surface area contributed by atoms with Crippen molar-refractivity contribution in [2.24, 2.45) is 5.92 Å². The van der Waals surface area contributed by atoms with Crippen LogP contribution in [0.15, 0.2) is 12.1 Å². The number of rotatable bonds is 4. The van der Waals surface area contributed by atoms with Gasteiger partial charge >= 0.3 is 0 Å². The summed E-state index contributed by atoms with van der Waals surface area (Å²) in [6.07, 6.45) is 1.24. The minimum Gasteiger partial charge on any atom is -0.370 e. The molecule has 5 nitrogen and oxygen atoms in total. The molecule has 1 aliphatic rings. The first-order valence-corrected chi connectivity index (χ1v) is 6.76. The maximum absolute atomic E-state index is 10.6. The number of nitro groups is 1. The Morgan fingerprint density at radius 3 is 3.06 bits per heavy atom. The number of hydrogen-bond acceptors (Lipinski definition) is 5. The fourth-order valence-corrected chi connectivity index (χ4v) is 3.12. The third-order valence-electron chi connectivity index (χ3n) is 2.85. The highest BCUT2D eigenvalue weighted by atomic mass is 32.2. The number of hydrogen-bond donors (Lipinski definition) is 1. The highest BCUT2D eigenvalue weighted by molar-refractivity contribution is 7.99. The van der Waals surface area contributed by atoms with Crippen LogP contribution in [0.2, 0.25) is 0 Å². The number of anilines is 1. The molecule has 1 atom stereocenters. The second-order valence-corrected chi connectivity index (χ2v) is 5.32. The van der Waals surface area contributed by atoms with Crippen molar-refractivity contribution in [1.29, 1.82) is 0 Å². The topological polar surface area (TPSA) is 68.1 Å². The van der Waals surface area contributed by atoms with Crippen molar-refractivity contribution in [2.75, 3.05) is 23.4 Å². The Bertz CT molecular complexity index is 419. The van der Waals surface area contributed by atoms with Crippen molar-refractivity contribution in [3.8, 4) is 0 Å². The molecule has 1 aromatic heterocycles. The van der Waals surface area contributed by atoms with Gasteiger partial charge in [0.1, 0.15) is 11.5 Å². The third kappa shape index (κ3) is 3.09. The van der Waals surface area contributed by atoms with Crippen molar-refractivity contribution in [3.05, 3.63) is 27.9 Å². The lowest BCUT2D eigenvalue weighted by Gasteiger charge is -2.10. The molecule has 0 bridgehead atoms. The van der Waals surface area contributed by atoms with Crippen LogP contribution < -0.4 is 5.32 Å². The standard InChI is InChI=1S/C11H15N3O2S/c1-8-10(14(15)16)2-3-11(13-8)12-6-9-4-5-17-7-9/h2-3,9H,4-7H2,1H3,(H,12,13). The van der Waals surface area contributed by atoms with Gasteiger partial charge in [0, 0.05) is 12.6 Å². The predicted molar refractivity (Wildman–Crippen MR) is 69.6 cm³/mol. The molecule has 0 aromatic carbocycles. The molecule has 0 spiro atoms. The molecule has 1 fully saturated rings. The van der Waals surface area contributed by atoms with Crippen LogP contribution in [0, 0.1) is 23.0 Å². The second-order valence-electron chi connectivity index (χ2n) is 4.17. The quantitative estimate of drug-likeness (QED) is 0.659. The maximum Gasteiger partial charge on any atom is 0.290 e. The van der Waals surface area contributed by atoms with Gasteiger partial charge in [-0.05, 0) is 36.8 Å². The van der Waals surface area contributed by atoms with Gasteiger partial charge in [0.2, 0.25) is 0 Å². The van der Waals surface area contributed by atoms with Gasteiger partial charge in [-0.25, -0.2) is 4.98 Å². The van der Waals surface area contributed by atoms with Crippen LogP contribution in [0.1, 0.15) is 12.1 Å². The molecule has 92 valence electrons. The molecule has 2 heterocycles. The predicted octanol–water partition coefficient (Wildman–Crippen LogP) is 2.46. The maximum atomic E-state index is 10.6. The summed E-state index contributed by atoms with van der Waals surface area (Å²) >= 11 is 1.98. The van der Waals surface area contributed by atoms with Gasteiger partial charge in [-0.2, -0.15) is 11.8 Å². The van der Waals surface area contributed by atoms with Gasteiger partial charge in [-0.1, -0.05) is 0 Å². The zero-order valence-electron chi connectivity index (χ0n) is 9.68. The smallest absolute Gasteiger partial charge is 0.290 e. The molecular weight excluding hydrogens is 238 g/mol. The number of thioether (sulfide) groups is 1. The zero-order chi connectivity index (χ0) is 12.3. The minimum absolute atomic E-state index is 0.0759. The summed E-state index contributed by atoms with van der Waals surface area (Å²) in [5.41, 5.74) is 0.535. The SMILES string of the molecule is Cc1nc(NCC2CCSC2)ccc1[N+](=O)[O-]. The summed E-state index contributed by atoms with van der Waals surface area (Å²) in [6, 6.07) is 3.18. The first kappa shape index (κ1) is 12.2. The number of nitrogens with zero attached hydrogens (tertiary/aromatic N) is 2. The van der Waals surface area contributed by atoms with E-state index in [-0.39, 0.29) is 5.69 Å². The van der Waals surface area contributed by atoms with E-state index in [0.717, 1.165) is 12.4 Å². The number of aromatic nitrogens is 1. The van der Waals surface area contributed by atoms with Crippen LogP contribution in [0.5, 0.6) is 0 Å². The molecule has 0 radical (unpaired) electrons. The number of aryl methyl sites for hydroxylation is 1. The summed E-state index contributed by atoms with van der Waals surface area (Å²) in [7, 11) is 0. The van der Waals surface area contributed by atoms with E-state index < -0.39 is 4.92 Å². The Morgan fingerprint density at radius 1 is 1.65 bits per heavy atom. The fraction of sp³-hybridized carbons (Fsp3) is 0.545. The lowest BCUT2D eigenvalue weighted by atomic mass is 10.1. The van der Waals surface area contributed by atoms with E-state index in [4.69, 9.17) is 0 Å². The summed E-state index contributed by atoms with van der Waals surface area (Å²) in [5.74, 6) is 3.85. The van der Waals surface area contributed by atoms with E-state index in [1.807, 2.05) is 11.8 Å². The number of nitrogens with one attached hydrogen (secondary N) is 1. The van der Waals surface area contributed by atoms with Crippen LogP contribution in [-0.4, -0.2) is 28.0 Å².